The van der Waals surface area contributed by atoms with Gasteiger partial charge >= 0.3 is 0 Å². The highest BCUT2D eigenvalue weighted by molar-refractivity contribution is 5.84. The molecule has 7 nitrogen and oxygen atoms in total. The molecule has 32 heavy (non-hydrogen) atoms. The second kappa shape index (κ2) is 8.75. The van der Waals surface area contributed by atoms with Crippen molar-refractivity contribution >= 4 is 23.4 Å². The summed E-state index contributed by atoms with van der Waals surface area (Å²) in [5, 5.41) is 8.85. The normalized spacial score (nSPS) is 30.7. The number of nitrogens with one attached hydrogen (secondary N) is 3. The van der Waals surface area contributed by atoms with Crippen molar-refractivity contribution in [1.82, 2.24) is 16.0 Å². The predicted octanol–water partition coefficient (Wildman–Crippen LogP) is 1.96. The highest BCUT2D eigenvalue weighted by atomic mass is 16.2. The first-order valence-corrected chi connectivity index (χ1v) is 12.1. The Morgan fingerprint density at radius 1 is 1.00 bits per heavy atom. The molecule has 0 atom stereocenters. The van der Waals surface area contributed by atoms with E-state index in [-0.39, 0.29) is 23.1 Å². The summed E-state index contributed by atoms with van der Waals surface area (Å²) in [5.74, 6) is 2.41. The minimum absolute atomic E-state index is 0.0443. The Balaban J connectivity index is 1.04. The minimum atomic E-state index is -0.151. The molecule has 5 fully saturated rings. The van der Waals surface area contributed by atoms with Crippen molar-refractivity contribution in [3.05, 3.63) is 29.8 Å². The van der Waals surface area contributed by atoms with Crippen molar-refractivity contribution in [2.75, 3.05) is 31.1 Å². The molecule has 3 amide bonds. The SMILES string of the molecule is O=C(CCNC(=O)C12CC3CC(CC(C3)C1)C2)NCc1ccc(N2CCNC(=O)C2)cc1. The molecule has 0 unspecified atom stereocenters. The summed E-state index contributed by atoms with van der Waals surface area (Å²) in [5.41, 5.74) is 1.88. The Morgan fingerprint density at radius 3 is 2.28 bits per heavy atom. The maximum atomic E-state index is 13.0. The average molecular weight is 439 g/mol. The highest BCUT2D eigenvalue weighted by Gasteiger charge is 2.54. The summed E-state index contributed by atoms with van der Waals surface area (Å²) in [6, 6.07) is 7.95. The third-order valence-corrected chi connectivity index (χ3v) is 7.99. The van der Waals surface area contributed by atoms with Gasteiger partial charge in [0, 0.05) is 43.7 Å². The van der Waals surface area contributed by atoms with Crippen molar-refractivity contribution < 1.29 is 14.4 Å². The van der Waals surface area contributed by atoms with E-state index in [1.807, 2.05) is 29.2 Å². The number of hydrogen-bond donors (Lipinski definition) is 3. The summed E-state index contributed by atoms with van der Waals surface area (Å²) < 4.78 is 0. The van der Waals surface area contributed by atoms with Crippen LogP contribution in [-0.2, 0) is 20.9 Å². The van der Waals surface area contributed by atoms with E-state index in [9.17, 15) is 14.4 Å². The molecular formula is C25H34N4O3. The molecule has 5 aliphatic rings. The zero-order chi connectivity index (χ0) is 22.1. The van der Waals surface area contributed by atoms with Gasteiger partial charge in [-0.05, 0) is 74.0 Å². The number of anilines is 1. The molecule has 0 aromatic heterocycles. The van der Waals surface area contributed by atoms with Crippen LogP contribution in [0.15, 0.2) is 24.3 Å². The van der Waals surface area contributed by atoms with Crippen LogP contribution in [0.4, 0.5) is 5.69 Å². The lowest BCUT2D eigenvalue weighted by Gasteiger charge is -2.55. The van der Waals surface area contributed by atoms with Crippen molar-refractivity contribution in [3.8, 4) is 0 Å². The fourth-order valence-corrected chi connectivity index (χ4v) is 6.84. The van der Waals surface area contributed by atoms with Crippen LogP contribution in [-0.4, -0.2) is 43.9 Å². The molecule has 3 N–H and O–H groups in total. The number of nitrogens with zero attached hydrogens (tertiary/aromatic N) is 1. The Hall–Kier alpha value is -2.57. The van der Waals surface area contributed by atoms with Gasteiger partial charge in [0.2, 0.25) is 17.7 Å². The van der Waals surface area contributed by atoms with Gasteiger partial charge in [-0.25, -0.2) is 0 Å². The second-order valence-electron chi connectivity index (χ2n) is 10.4. The quantitative estimate of drug-likeness (QED) is 0.607. The molecule has 172 valence electrons. The molecule has 4 saturated carbocycles. The molecule has 1 heterocycles. The number of rotatable bonds is 7. The average Bonchev–Trinajstić information content (AvgIpc) is 2.77. The third kappa shape index (κ3) is 4.48. The van der Waals surface area contributed by atoms with Gasteiger partial charge in [-0.1, -0.05) is 12.1 Å². The van der Waals surface area contributed by atoms with Gasteiger partial charge in [-0.3, -0.25) is 14.4 Å². The number of carbonyl (C=O) groups is 3. The van der Waals surface area contributed by atoms with Crippen LogP contribution >= 0.6 is 0 Å². The topological polar surface area (TPSA) is 90.5 Å². The Labute approximate surface area is 189 Å². The van der Waals surface area contributed by atoms with E-state index in [2.05, 4.69) is 16.0 Å². The van der Waals surface area contributed by atoms with E-state index in [0.29, 0.717) is 32.6 Å². The molecule has 1 saturated heterocycles. The van der Waals surface area contributed by atoms with E-state index in [1.54, 1.807) is 0 Å². The summed E-state index contributed by atoms with van der Waals surface area (Å²) in [4.78, 5) is 38.9. The Morgan fingerprint density at radius 2 is 1.66 bits per heavy atom. The molecule has 1 aliphatic heterocycles. The van der Waals surface area contributed by atoms with E-state index < -0.39 is 0 Å². The van der Waals surface area contributed by atoms with E-state index in [4.69, 9.17) is 0 Å². The number of carbonyl (C=O) groups excluding carboxylic acids is 3. The molecule has 1 aromatic carbocycles. The van der Waals surface area contributed by atoms with Crippen LogP contribution < -0.4 is 20.9 Å². The van der Waals surface area contributed by atoms with Crippen molar-refractivity contribution in [1.29, 1.82) is 0 Å². The zero-order valence-electron chi connectivity index (χ0n) is 18.7. The molecule has 4 aliphatic carbocycles. The number of amides is 3. The van der Waals surface area contributed by atoms with Crippen LogP contribution in [0, 0.1) is 23.2 Å². The lowest BCUT2D eigenvalue weighted by molar-refractivity contribution is -0.146. The smallest absolute Gasteiger partial charge is 0.239 e. The van der Waals surface area contributed by atoms with Crippen LogP contribution in [0.5, 0.6) is 0 Å². The van der Waals surface area contributed by atoms with Gasteiger partial charge in [0.05, 0.1) is 6.54 Å². The maximum absolute atomic E-state index is 13.0. The van der Waals surface area contributed by atoms with Crippen LogP contribution in [0.2, 0.25) is 0 Å². The predicted molar refractivity (Wildman–Crippen MR) is 122 cm³/mol. The molecular weight excluding hydrogens is 404 g/mol. The molecule has 7 heteroatoms. The monoisotopic (exact) mass is 438 g/mol. The number of hydrogen-bond acceptors (Lipinski definition) is 4. The molecule has 0 radical (unpaired) electrons. The van der Waals surface area contributed by atoms with Gasteiger partial charge in [0.1, 0.15) is 0 Å². The maximum Gasteiger partial charge on any atom is 0.239 e. The lowest BCUT2D eigenvalue weighted by atomic mass is 9.49. The first kappa shape index (κ1) is 21.3. The van der Waals surface area contributed by atoms with E-state index in [0.717, 1.165) is 54.8 Å². The van der Waals surface area contributed by atoms with Gasteiger partial charge in [0.15, 0.2) is 0 Å². The lowest BCUT2D eigenvalue weighted by Crippen LogP contribution is -2.53. The third-order valence-electron chi connectivity index (χ3n) is 7.99. The number of benzene rings is 1. The van der Waals surface area contributed by atoms with E-state index >= 15 is 0 Å². The van der Waals surface area contributed by atoms with Gasteiger partial charge in [-0.15, -0.1) is 0 Å². The summed E-state index contributed by atoms with van der Waals surface area (Å²) in [6.45, 7) is 2.71. The number of piperazine rings is 1. The van der Waals surface area contributed by atoms with Gasteiger partial charge < -0.3 is 20.9 Å². The van der Waals surface area contributed by atoms with Crippen LogP contribution in [0.3, 0.4) is 0 Å². The van der Waals surface area contributed by atoms with Crippen molar-refractivity contribution in [3.63, 3.8) is 0 Å². The fourth-order valence-electron chi connectivity index (χ4n) is 6.84. The van der Waals surface area contributed by atoms with E-state index in [1.165, 1.54) is 19.3 Å². The molecule has 0 spiro atoms. The Bertz CT molecular complexity index is 846. The van der Waals surface area contributed by atoms with Gasteiger partial charge in [-0.2, -0.15) is 0 Å². The summed E-state index contributed by atoms with van der Waals surface area (Å²) in [7, 11) is 0. The van der Waals surface area contributed by atoms with Crippen molar-refractivity contribution in [2.24, 2.45) is 23.2 Å². The Kier molecular flexibility index (Phi) is 5.82. The largest absolute Gasteiger partial charge is 0.360 e. The van der Waals surface area contributed by atoms with Crippen LogP contribution in [0.1, 0.15) is 50.5 Å². The second-order valence-corrected chi connectivity index (χ2v) is 10.4. The zero-order valence-corrected chi connectivity index (χ0v) is 18.7. The summed E-state index contributed by atoms with van der Waals surface area (Å²) >= 11 is 0. The van der Waals surface area contributed by atoms with Gasteiger partial charge in [0.25, 0.3) is 0 Å². The standard InChI is InChI=1S/C25H34N4O3/c30-22(28-15-17-1-3-21(4-2-17)29-8-7-26-23(31)16-29)5-6-27-24(32)25-12-18-9-19(13-25)11-20(10-18)14-25/h1-4,18-20H,5-16H2,(H,26,31)(H,27,32)(H,28,30). The fraction of sp³-hybridized carbons (Fsp3) is 0.640. The van der Waals surface area contributed by atoms with Crippen molar-refractivity contribution in [2.45, 2.75) is 51.5 Å². The first-order chi connectivity index (χ1) is 15.5. The summed E-state index contributed by atoms with van der Waals surface area (Å²) in [6.07, 6.45) is 7.42. The molecule has 6 rings (SSSR count). The highest BCUT2D eigenvalue weighted by Crippen LogP contribution is 2.60. The molecule has 4 bridgehead atoms. The minimum Gasteiger partial charge on any atom is -0.360 e. The van der Waals surface area contributed by atoms with Crippen LogP contribution in [0.25, 0.3) is 0 Å². The molecule has 1 aromatic rings. The first-order valence-electron chi connectivity index (χ1n) is 12.1.